The van der Waals surface area contributed by atoms with Crippen LogP contribution in [0.25, 0.3) is 0 Å². The van der Waals surface area contributed by atoms with Crippen molar-refractivity contribution in [3.8, 4) is 0 Å². The quantitative estimate of drug-likeness (QED) is 0.797. The van der Waals surface area contributed by atoms with Crippen LogP contribution in [0.3, 0.4) is 0 Å². The molecule has 0 spiro atoms. The Morgan fingerprint density at radius 2 is 1.95 bits per heavy atom. The lowest BCUT2D eigenvalue weighted by Crippen LogP contribution is -2.45. The minimum Gasteiger partial charge on any atom is -0.383 e. The molecule has 1 aromatic carbocycles. The van der Waals surface area contributed by atoms with E-state index in [-0.39, 0.29) is 0 Å². The van der Waals surface area contributed by atoms with Gasteiger partial charge in [0.05, 0.1) is 6.61 Å². The molecule has 1 heterocycles. The molecule has 1 aliphatic heterocycles. The zero-order valence-corrected chi connectivity index (χ0v) is 13.0. The van der Waals surface area contributed by atoms with E-state index in [0.717, 1.165) is 45.9 Å². The molecule has 112 valence electrons. The third-order valence-electron chi connectivity index (χ3n) is 3.88. The molecular formula is C16H27N3O. The number of methoxy groups -OCH3 is 1. The van der Waals surface area contributed by atoms with Crippen LogP contribution in [0, 0.1) is 6.92 Å². The number of piperazine rings is 1. The molecule has 1 fully saturated rings. The fraction of sp³-hybridized carbons (Fsp3) is 0.625. The van der Waals surface area contributed by atoms with Crippen molar-refractivity contribution in [3.63, 3.8) is 0 Å². The van der Waals surface area contributed by atoms with Gasteiger partial charge in [-0.05, 0) is 25.6 Å². The first-order valence-electron chi connectivity index (χ1n) is 7.43. The number of nitrogens with one attached hydrogen (secondary N) is 1. The van der Waals surface area contributed by atoms with Gasteiger partial charge < -0.3 is 19.9 Å². The second kappa shape index (κ2) is 7.62. The number of hydrogen-bond donors (Lipinski definition) is 1. The number of anilines is 1. The summed E-state index contributed by atoms with van der Waals surface area (Å²) in [5, 5.41) is 3.46. The molecule has 4 nitrogen and oxygen atoms in total. The van der Waals surface area contributed by atoms with Gasteiger partial charge in [-0.2, -0.15) is 0 Å². The van der Waals surface area contributed by atoms with Gasteiger partial charge in [-0.1, -0.05) is 17.7 Å². The molecule has 0 aliphatic carbocycles. The SMILES string of the molecule is COCCNCc1cc(C)ccc1N1CCN(C)CC1. The van der Waals surface area contributed by atoms with Crippen molar-refractivity contribution in [1.29, 1.82) is 0 Å². The molecule has 0 aromatic heterocycles. The summed E-state index contributed by atoms with van der Waals surface area (Å²) in [6, 6.07) is 6.79. The van der Waals surface area contributed by atoms with Gasteiger partial charge in [0.1, 0.15) is 0 Å². The van der Waals surface area contributed by atoms with Gasteiger partial charge in [0.25, 0.3) is 0 Å². The van der Waals surface area contributed by atoms with Crippen LogP contribution in [0.4, 0.5) is 5.69 Å². The zero-order chi connectivity index (χ0) is 14.4. The van der Waals surface area contributed by atoms with E-state index in [1.165, 1.54) is 16.8 Å². The van der Waals surface area contributed by atoms with Gasteiger partial charge in [-0.3, -0.25) is 0 Å². The lowest BCUT2D eigenvalue weighted by atomic mass is 10.1. The normalized spacial score (nSPS) is 16.6. The van der Waals surface area contributed by atoms with E-state index in [1.54, 1.807) is 7.11 Å². The molecule has 4 heteroatoms. The summed E-state index contributed by atoms with van der Waals surface area (Å²) in [4.78, 5) is 4.90. The van der Waals surface area contributed by atoms with E-state index in [2.05, 4.69) is 47.3 Å². The molecule has 0 unspecified atom stereocenters. The predicted molar refractivity (Wildman–Crippen MR) is 84.5 cm³/mol. The van der Waals surface area contributed by atoms with Crippen LogP contribution in [0.2, 0.25) is 0 Å². The third-order valence-corrected chi connectivity index (χ3v) is 3.88. The van der Waals surface area contributed by atoms with Crippen LogP contribution >= 0.6 is 0 Å². The smallest absolute Gasteiger partial charge is 0.0587 e. The minimum absolute atomic E-state index is 0.760. The summed E-state index contributed by atoms with van der Waals surface area (Å²) in [5.41, 5.74) is 4.10. The van der Waals surface area contributed by atoms with E-state index in [4.69, 9.17) is 4.74 Å². The van der Waals surface area contributed by atoms with E-state index < -0.39 is 0 Å². The summed E-state index contributed by atoms with van der Waals surface area (Å²) in [6.45, 7) is 9.24. The van der Waals surface area contributed by atoms with Crippen molar-refractivity contribution >= 4 is 5.69 Å². The topological polar surface area (TPSA) is 27.7 Å². The number of likely N-dealkylation sites (N-methyl/N-ethyl adjacent to an activating group) is 1. The predicted octanol–water partition coefficient (Wildman–Crippen LogP) is 1.48. The van der Waals surface area contributed by atoms with Crippen molar-refractivity contribution in [3.05, 3.63) is 29.3 Å². The van der Waals surface area contributed by atoms with Crippen molar-refractivity contribution in [2.75, 3.05) is 58.4 Å². The molecule has 0 saturated carbocycles. The molecule has 2 rings (SSSR count). The maximum atomic E-state index is 5.08. The second-order valence-corrected chi connectivity index (χ2v) is 5.59. The van der Waals surface area contributed by atoms with Gasteiger partial charge in [-0.15, -0.1) is 0 Å². The number of rotatable bonds is 6. The fourth-order valence-electron chi connectivity index (χ4n) is 2.61. The molecule has 0 atom stereocenters. The fourth-order valence-corrected chi connectivity index (χ4v) is 2.61. The standard InChI is InChI=1S/C16H27N3O/c1-14-4-5-16(19-9-7-18(2)8-10-19)15(12-14)13-17-6-11-20-3/h4-5,12,17H,6-11,13H2,1-3H3. The average Bonchev–Trinajstić information content (AvgIpc) is 2.45. The summed E-state index contributed by atoms with van der Waals surface area (Å²) in [7, 11) is 3.93. The van der Waals surface area contributed by atoms with E-state index >= 15 is 0 Å². The monoisotopic (exact) mass is 277 g/mol. The van der Waals surface area contributed by atoms with Crippen LogP contribution < -0.4 is 10.2 Å². The highest BCUT2D eigenvalue weighted by molar-refractivity contribution is 5.55. The summed E-state index contributed by atoms with van der Waals surface area (Å²) in [6.07, 6.45) is 0. The highest BCUT2D eigenvalue weighted by Gasteiger charge is 2.16. The summed E-state index contributed by atoms with van der Waals surface area (Å²) >= 11 is 0. The lowest BCUT2D eigenvalue weighted by Gasteiger charge is -2.35. The van der Waals surface area contributed by atoms with Crippen molar-refractivity contribution in [2.24, 2.45) is 0 Å². The summed E-state index contributed by atoms with van der Waals surface area (Å²) < 4.78 is 5.08. The van der Waals surface area contributed by atoms with Crippen LogP contribution in [-0.4, -0.2) is 58.4 Å². The number of hydrogen-bond acceptors (Lipinski definition) is 4. The van der Waals surface area contributed by atoms with Crippen LogP contribution in [-0.2, 0) is 11.3 Å². The first-order valence-corrected chi connectivity index (χ1v) is 7.43. The Hall–Kier alpha value is -1.10. The van der Waals surface area contributed by atoms with Gasteiger partial charge in [0.15, 0.2) is 0 Å². The highest BCUT2D eigenvalue weighted by Crippen LogP contribution is 2.23. The Labute approximate surface area is 122 Å². The second-order valence-electron chi connectivity index (χ2n) is 5.59. The Balaban J connectivity index is 2.03. The molecule has 1 N–H and O–H groups in total. The van der Waals surface area contributed by atoms with Crippen LogP contribution in [0.15, 0.2) is 18.2 Å². The Morgan fingerprint density at radius 3 is 2.65 bits per heavy atom. The number of nitrogens with zero attached hydrogens (tertiary/aromatic N) is 2. The molecule has 1 saturated heterocycles. The highest BCUT2D eigenvalue weighted by atomic mass is 16.5. The zero-order valence-electron chi connectivity index (χ0n) is 13.0. The minimum atomic E-state index is 0.760. The van der Waals surface area contributed by atoms with Gasteiger partial charge >= 0.3 is 0 Å². The summed E-state index contributed by atoms with van der Waals surface area (Å²) in [5.74, 6) is 0. The van der Waals surface area contributed by atoms with Crippen LogP contribution in [0.5, 0.6) is 0 Å². The molecule has 0 radical (unpaired) electrons. The van der Waals surface area contributed by atoms with E-state index in [0.29, 0.717) is 0 Å². The van der Waals surface area contributed by atoms with Gasteiger partial charge in [0, 0.05) is 52.1 Å². The number of ether oxygens (including phenoxy) is 1. The first kappa shape index (κ1) is 15.3. The largest absolute Gasteiger partial charge is 0.383 e. The van der Waals surface area contributed by atoms with Crippen molar-refractivity contribution < 1.29 is 4.74 Å². The molecule has 20 heavy (non-hydrogen) atoms. The molecule has 0 amide bonds. The van der Waals surface area contributed by atoms with Crippen LogP contribution in [0.1, 0.15) is 11.1 Å². The molecule has 0 bridgehead atoms. The maximum absolute atomic E-state index is 5.08. The first-order chi connectivity index (χ1) is 9.70. The van der Waals surface area contributed by atoms with Crippen molar-refractivity contribution in [2.45, 2.75) is 13.5 Å². The molecular weight excluding hydrogens is 250 g/mol. The maximum Gasteiger partial charge on any atom is 0.0587 e. The third kappa shape index (κ3) is 4.20. The van der Waals surface area contributed by atoms with Gasteiger partial charge in [-0.25, -0.2) is 0 Å². The number of benzene rings is 1. The van der Waals surface area contributed by atoms with E-state index in [1.807, 2.05) is 0 Å². The lowest BCUT2D eigenvalue weighted by molar-refractivity contribution is 0.199. The number of aryl methyl sites for hydroxylation is 1. The van der Waals surface area contributed by atoms with Crippen molar-refractivity contribution in [1.82, 2.24) is 10.2 Å². The molecule has 1 aliphatic rings. The Morgan fingerprint density at radius 1 is 1.20 bits per heavy atom. The van der Waals surface area contributed by atoms with Gasteiger partial charge in [0.2, 0.25) is 0 Å². The average molecular weight is 277 g/mol. The Kier molecular flexibility index (Phi) is 5.83. The van der Waals surface area contributed by atoms with E-state index in [9.17, 15) is 0 Å². The molecule has 1 aromatic rings. The Bertz CT molecular complexity index is 414.